The number of hydrogen-bond acceptors (Lipinski definition) is 3. The Bertz CT molecular complexity index is 510. The van der Waals surface area contributed by atoms with E-state index in [0.717, 1.165) is 27.3 Å². The fourth-order valence-corrected chi connectivity index (χ4v) is 1.92. The van der Waals surface area contributed by atoms with Gasteiger partial charge < -0.3 is 15.0 Å². The monoisotopic (exact) mass is 295 g/mol. The van der Waals surface area contributed by atoms with Crippen molar-refractivity contribution in [3.63, 3.8) is 0 Å². The minimum absolute atomic E-state index is 0.669. The van der Waals surface area contributed by atoms with E-state index in [2.05, 4.69) is 31.2 Å². The molecule has 17 heavy (non-hydrogen) atoms. The number of H-pyrrole nitrogens is 1. The summed E-state index contributed by atoms with van der Waals surface area (Å²) in [6.45, 7) is 2.67. The van der Waals surface area contributed by atoms with E-state index in [1.54, 1.807) is 13.4 Å². The number of anilines is 1. The molecule has 5 heteroatoms. The van der Waals surface area contributed by atoms with Gasteiger partial charge in [0, 0.05) is 10.2 Å². The van der Waals surface area contributed by atoms with E-state index >= 15 is 0 Å². The van der Waals surface area contributed by atoms with Gasteiger partial charge in [-0.15, -0.1) is 0 Å². The summed E-state index contributed by atoms with van der Waals surface area (Å²) >= 11 is 3.44. The van der Waals surface area contributed by atoms with Crippen molar-refractivity contribution in [2.24, 2.45) is 0 Å². The number of aryl methyl sites for hydroxylation is 1. The van der Waals surface area contributed by atoms with Gasteiger partial charge >= 0.3 is 0 Å². The van der Waals surface area contributed by atoms with Crippen LogP contribution in [0.4, 0.5) is 5.69 Å². The molecule has 0 unspecified atom stereocenters. The van der Waals surface area contributed by atoms with Gasteiger partial charge in [-0.1, -0.05) is 15.9 Å². The van der Waals surface area contributed by atoms with Crippen molar-refractivity contribution in [2.45, 2.75) is 13.5 Å². The lowest BCUT2D eigenvalue weighted by molar-refractivity contribution is 0.416. The molecule has 0 saturated heterocycles. The van der Waals surface area contributed by atoms with Crippen molar-refractivity contribution in [3.8, 4) is 5.75 Å². The second kappa shape index (κ2) is 5.23. The van der Waals surface area contributed by atoms with Crippen LogP contribution in [0.1, 0.15) is 11.4 Å². The average molecular weight is 296 g/mol. The van der Waals surface area contributed by atoms with Crippen LogP contribution < -0.4 is 10.1 Å². The molecule has 1 aromatic heterocycles. The van der Waals surface area contributed by atoms with Gasteiger partial charge in [0.05, 0.1) is 31.4 Å². The molecule has 0 amide bonds. The predicted molar refractivity (Wildman–Crippen MR) is 71.3 cm³/mol. The van der Waals surface area contributed by atoms with Crippen LogP contribution in [-0.2, 0) is 6.54 Å². The molecule has 0 aliphatic heterocycles. The zero-order valence-electron chi connectivity index (χ0n) is 9.75. The number of ether oxygens (including phenoxy) is 1. The van der Waals surface area contributed by atoms with Crippen LogP contribution in [0.25, 0.3) is 0 Å². The number of aromatic amines is 1. The highest BCUT2D eigenvalue weighted by atomic mass is 79.9. The summed E-state index contributed by atoms with van der Waals surface area (Å²) in [7, 11) is 1.66. The number of benzene rings is 1. The molecular formula is C12H14BrN3O. The van der Waals surface area contributed by atoms with Crippen molar-refractivity contribution in [3.05, 3.63) is 40.4 Å². The molecule has 2 rings (SSSR count). The van der Waals surface area contributed by atoms with E-state index in [4.69, 9.17) is 4.74 Å². The van der Waals surface area contributed by atoms with Crippen molar-refractivity contribution in [2.75, 3.05) is 12.4 Å². The lowest BCUT2D eigenvalue weighted by atomic mass is 10.2. The minimum atomic E-state index is 0.669. The molecule has 2 N–H and O–H groups in total. The third-order valence-corrected chi connectivity index (χ3v) is 3.04. The zero-order valence-corrected chi connectivity index (χ0v) is 11.3. The van der Waals surface area contributed by atoms with Crippen LogP contribution in [-0.4, -0.2) is 17.1 Å². The number of rotatable bonds is 4. The Balaban J connectivity index is 2.13. The summed E-state index contributed by atoms with van der Waals surface area (Å²) in [4.78, 5) is 7.29. The molecule has 0 fully saturated rings. The van der Waals surface area contributed by atoms with Crippen LogP contribution in [0.2, 0.25) is 0 Å². The zero-order chi connectivity index (χ0) is 12.3. The Morgan fingerprint density at radius 2 is 2.29 bits per heavy atom. The summed E-state index contributed by atoms with van der Waals surface area (Å²) in [5.41, 5.74) is 3.03. The molecule has 0 aliphatic carbocycles. The van der Waals surface area contributed by atoms with E-state index < -0.39 is 0 Å². The molecule has 90 valence electrons. The SMILES string of the molecule is COc1ccc(Br)cc1NCc1nc[nH]c1C. The third-order valence-electron chi connectivity index (χ3n) is 2.54. The highest BCUT2D eigenvalue weighted by Crippen LogP contribution is 2.28. The van der Waals surface area contributed by atoms with E-state index in [1.807, 2.05) is 25.1 Å². The summed E-state index contributed by atoms with van der Waals surface area (Å²) in [5, 5.41) is 3.31. The summed E-state index contributed by atoms with van der Waals surface area (Å²) < 4.78 is 6.30. The molecular weight excluding hydrogens is 282 g/mol. The molecule has 1 aromatic carbocycles. The van der Waals surface area contributed by atoms with Gasteiger partial charge in [-0.3, -0.25) is 0 Å². The van der Waals surface area contributed by atoms with E-state index in [-0.39, 0.29) is 0 Å². The van der Waals surface area contributed by atoms with Crippen LogP contribution in [0, 0.1) is 6.92 Å². The minimum Gasteiger partial charge on any atom is -0.495 e. The van der Waals surface area contributed by atoms with Crippen molar-refractivity contribution in [1.82, 2.24) is 9.97 Å². The summed E-state index contributed by atoms with van der Waals surface area (Å²) in [6, 6.07) is 5.86. The molecule has 0 saturated carbocycles. The smallest absolute Gasteiger partial charge is 0.142 e. The molecule has 0 radical (unpaired) electrons. The van der Waals surface area contributed by atoms with Crippen LogP contribution in [0.5, 0.6) is 5.75 Å². The van der Waals surface area contributed by atoms with Gasteiger partial charge in [-0.2, -0.15) is 0 Å². The summed E-state index contributed by atoms with van der Waals surface area (Å²) in [6.07, 6.45) is 1.70. The van der Waals surface area contributed by atoms with Crippen molar-refractivity contribution in [1.29, 1.82) is 0 Å². The first-order valence-corrected chi connectivity index (χ1v) is 6.06. The third kappa shape index (κ3) is 2.79. The molecule has 0 aliphatic rings. The molecule has 2 aromatic rings. The van der Waals surface area contributed by atoms with Crippen LogP contribution in [0.3, 0.4) is 0 Å². The van der Waals surface area contributed by atoms with Crippen LogP contribution in [0.15, 0.2) is 29.0 Å². The van der Waals surface area contributed by atoms with Gasteiger partial charge in [0.1, 0.15) is 5.75 Å². The van der Waals surface area contributed by atoms with Crippen LogP contribution >= 0.6 is 15.9 Å². The first kappa shape index (κ1) is 12.0. The lowest BCUT2D eigenvalue weighted by Crippen LogP contribution is -2.03. The molecule has 0 spiro atoms. The fraction of sp³-hybridized carbons (Fsp3) is 0.250. The number of halogens is 1. The van der Waals surface area contributed by atoms with Crippen molar-refractivity contribution < 1.29 is 4.74 Å². The fourth-order valence-electron chi connectivity index (χ4n) is 1.56. The highest BCUT2D eigenvalue weighted by molar-refractivity contribution is 9.10. The normalized spacial score (nSPS) is 10.3. The topological polar surface area (TPSA) is 49.9 Å². The Kier molecular flexibility index (Phi) is 3.68. The lowest BCUT2D eigenvalue weighted by Gasteiger charge is -2.10. The Labute approximate surface area is 109 Å². The number of methoxy groups -OCH3 is 1. The highest BCUT2D eigenvalue weighted by Gasteiger charge is 2.05. The summed E-state index contributed by atoms with van der Waals surface area (Å²) in [5.74, 6) is 0.821. The van der Waals surface area contributed by atoms with E-state index in [0.29, 0.717) is 6.54 Å². The molecule has 4 nitrogen and oxygen atoms in total. The van der Waals surface area contributed by atoms with Gasteiger partial charge in [0.15, 0.2) is 0 Å². The molecule has 1 heterocycles. The second-order valence-corrected chi connectivity index (χ2v) is 4.59. The second-order valence-electron chi connectivity index (χ2n) is 3.67. The Hall–Kier alpha value is -1.49. The maximum atomic E-state index is 5.29. The van der Waals surface area contributed by atoms with E-state index in [9.17, 15) is 0 Å². The first-order valence-electron chi connectivity index (χ1n) is 5.27. The standard InChI is InChI=1S/C12H14BrN3O/c1-8-11(16-7-15-8)6-14-10-5-9(13)3-4-12(10)17-2/h3-5,7,14H,6H2,1-2H3,(H,15,16). The molecule has 0 atom stereocenters. The molecule has 0 bridgehead atoms. The first-order chi connectivity index (χ1) is 8.20. The Morgan fingerprint density at radius 1 is 1.47 bits per heavy atom. The van der Waals surface area contributed by atoms with Gasteiger partial charge in [-0.25, -0.2) is 4.98 Å². The quantitative estimate of drug-likeness (QED) is 0.911. The maximum absolute atomic E-state index is 5.29. The van der Waals surface area contributed by atoms with Crippen molar-refractivity contribution >= 4 is 21.6 Å². The number of imidazole rings is 1. The number of nitrogens with zero attached hydrogens (tertiary/aromatic N) is 1. The predicted octanol–water partition coefficient (Wildman–Crippen LogP) is 3.10. The van der Waals surface area contributed by atoms with Gasteiger partial charge in [-0.05, 0) is 25.1 Å². The van der Waals surface area contributed by atoms with E-state index in [1.165, 1.54) is 0 Å². The number of hydrogen-bond donors (Lipinski definition) is 2. The van der Waals surface area contributed by atoms with Gasteiger partial charge in [0.2, 0.25) is 0 Å². The van der Waals surface area contributed by atoms with Gasteiger partial charge in [0.25, 0.3) is 0 Å². The average Bonchev–Trinajstić information content (AvgIpc) is 2.72. The Morgan fingerprint density at radius 3 is 2.94 bits per heavy atom. The number of nitrogens with one attached hydrogen (secondary N) is 2. The number of aromatic nitrogens is 2. The maximum Gasteiger partial charge on any atom is 0.142 e. The largest absolute Gasteiger partial charge is 0.495 e.